The summed E-state index contributed by atoms with van der Waals surface area (Å²) in [6, 6.07) is 8.62. The van der Waals surface area contributed by atoms with Crippen LogP contribution in [0, 0.1) is 0 Å². The van der Waals surface area contributed by atoms with Gasteiger partial charge in [-0.3, -0.25) is 4.79 Å². The topological polar surface area (TPSA) is 35.6 Å². The lowest BCUT2D eigenvalue weighted by Crippen LogP contribution is -2.49. The van der Waals surface area contributed by atoms with Gasteiger partial charge in [0.25, 0.3) is 0 Å². The van der Waals surface area contributed by atoms with Gasteiger partial charge in [0.15, 0.2) is 0 Å². The van der Waals surface area contributed by atoms with E-state index in [1.165, 1.54) is 11.1 Å². The van der Waals surface area contributed by atoms with E-state index in [4.69, 9.17) is 0 Å². The van der Waals surface area contributed by atoms with Crippen molar-refractivity contribution in [3.63, 3.8) is 0 Å². The maximum atomic E-state index is 12.1. The third-order valence-electron chi connectivity index (χ3n) is 4.11. The number of carbonyl (C=O) groups excluding carboxylic acids is 1. The molecule has 0 aliphatic carbocycles. The molecule has 1 fully saturated rings. The van der Waals surface area contributed by atoms with Crippen molar-refractivity contribution in [1.82, 2.24) is 15.1 Å². The highest BCUT2D eigenvalue weighted by Gasteiger charge is 2.18. The van der Waals surface area contributed by atoms with E-state index in [2.05, 4.69) is 55.4 Å². The third-order valence-corrected chi connectivity index (χ3v) is 4.11. The Balaban J connectivity index is 1.72. The molecule has 1 heterocycles. The Morgan fingerprint density at radius 2 is 1.76 bits per heavy atom. The first-order chi connectivity index (χ1) is 10.1. The summed E-state index contributed by atoms with van der Waals surface area (Å²) in [7, 11) is 2.10. The Morgan fingerprint density at radius 3 is 2.33 bits per heavy atom. The van der Waals surface area contributed by atoms with Crippen LogP contribution in [0.25, 0.3) is 0 Å². The van der Waals surface area contributed by atoms with Gasteiger partial charge < -0.3 is 15.1 Å². The summed E-state index contributed by atoms with van der Waals surface area (Å²) >= 11 is 0. The number of nitrogens with one attached hydrogen (secondary N) is 1. The van der Waals surface area contributed by atoms with E-state index in [0.29, 0.717) is 12.5 Å². The van der Waals surface area contributed by atoms with Crippen LogP contribution in [0.2, 0.25) is 0 Å². The first kappa shape index (κ1) is 16.0. The molecule has 1 aliphatic rings. The molecule has 4 nitrogen and oxygen atoms in total. The lowest BCUT2D eigenvalue weighted by Gasteiger charge is -2.32. The van der Waals surface area contributed by atoms with E-state index in [9.17, 15) is 4.79 Å². The minimum Gasteiger partial charge on any atom is -0.339 e. The predicted molar refractivity (Wildman–Crippen MR) is 86.3 cm³/mol. The lowest BCUT2D eigenvalue weighted by atomic mass is 10.0. The van der Waals surface area contributed by atoms with E-state index in [0.717, 1.165) is 32.7 Å². The molecule has 0 spiro atoms. The van der Waals surface area contributed by atoms with Crippen LogP contribution in [0.4, 0.5) is 0 Å². The largest absolute Gasteiger partial charge is 0.339 e. The molecular formula is C17H27N3O. The standard InChI is InChI=1S/C17H27N3O/c1-14(2)16-6-4-15(5-7-16)12-18-13-17(21)20-10-8-19(3)9-11-20/h4-7,14,18H,8-13H2,1-3H3. The molecule has 116 valence electrons. The maximum Gasteiger partial charge on any atom is 0.236 e. The Kier molecular flexibility index (Phi) is 5.76. The minimum atomic E-state index is 0.210. The highest BCUT2D eigenvalue weighted by Crippen LogP contribution is 2.14. The van der Waals surface area contributed by atoms with Gasteiger partial charge in [-0.2, -0.15) is 0 Å². The zero-order valence-corrected chi connectivity index (χ0v) is 13.4. The van der Waals surface area contributed by atoms with Crippen molar-refractivity contribution in [3.8, 4) is 0 Å². The van der Waals surface area contributed by atoms with Gasteiger partial charge >= 0.3 is 0 Å². The van der Waals surface area contributed by atoms with Gasteiger partial charge in [0.05, 0.1) is 6.54 Å². The number of likely N-dealkylation sites (N-methyl/N-ethyl adjacent to an activating group) is 1. The summed E-state index contributed by atoms with van der Waals surface area (Å²) < 4.78 is 0. The summed E-state index contributed by atoms with van der Waals surface area (Å²) in [6.07, 6.45) is 0. The van der Waals surface area contributed by atoms with Crippen molar-refractivity contribution in [2.24, 2.45) is 0 Å². The van der Waals surface area contributed by atoms with Crippen LogP contribution < -0.4 is 5.32 Å². The predicted octanol–water partition coefficient (Wildman–Crippen LogP) is 1.67. The van der Waals surface area contributed by atoms with Crippen LogP contribution in [0.15, 0.2) is 24.3 Å². The molecule has 0 aromatic heterocycles. The molecule has 1 aliphatic heterocycles. The van der Waals surface area contributed by atoms with Gasteiger partial charge in [-0.15, -0.1) is 0 Å². The molecule has 21 heavy (non-hydrogen) atoms. The molecule has 1 aromatic rings. The Bertz CT molecular complexity index is 448. The molecule has 4 heteroatoms. The van der Waals surface area contributed by atoms with Crippen LogP contribution in [-0.4, -0.2) is 55.5 Å². The fraction of sp³-hybridized carbons (Fsp3) is 0.588. The maximum absolute atomic E-state index is 12.1. The monoisotopic (exact) mass is 289 g/mol. The van der Waals surface area contributed by atoms with Crippen molar-refractivity contribution < 1.29 is 4.79 Å². The fourth-order valence-corrected chi connectivity index (χ4v) is 2.50. The average molecular weight is 289 g/mol. The van der Waals surface area contributed by atoms with Crippen LogP contribution >= 0.6 is 0 Å². The first-order valence-corrected chi connectivity index (χ1v) is 7.82. The number of benzene rings is 1. The van der Waals surface area contributed by atoms with Gasteiger partial charge in [0.1, 0.15) is 0 Å². The van der Waals surface area contributed by atoms with E-state index in [1.807, 2.05) is 4.90 Å². The van der Waals surface area contributed by atoms with Crippen LogP contribution in [0.5, 0.6) is 0 Å². The van der Waals surface area contributed by atoms with Crippen molar-refractivity contribution in [1.29, 1.82) is 0 Å². The first-order valence-electron chi connectivity index (χ1n) is 7.82. The highest BCUT2D eigenvalue weighted by molar-refractivity contribution is 5.78. The molecule has 0 unspecified atom stereocenters. The molecular weight excluding hydrogens is 262 g/mol. The summed E-state index contributed by atoms with van der Waals surface area (Å²) in [6.45, 7) is 9.21. The van der Waals surface area contributed by atoms with Gasteiger partial charge in [0.2, 0.25) is 5.91 Å². The SMILES string of the molecule is CC(C)c1ccc(CNCC(=O)N2CCN(C)CC2)cc1. The molecule has 0 atom stereocenters. The number of carbonyl (C=O) groups is 1. The molecule has 1 aromatic carbocycles. The molecule has 0 saturated carbocycles. The minimum absolute atomic E-state index is 0.210. The Hall–Kier alpha value is -1.39. The number of nitrogens with zero attached hydrogens (tertiary/aromatic N) is 2. The number of hydrogen-bond donors (Lipinski definition) is 1. The van der Waals surface area contributed by atoms with Crippen LogP contribution in [0.1, 0.15) is 30.9 Å². The van der Waals surface area contributed by atoms with Crippen molar-refractivity contribution >= 4 is 5.91 Å². The smallest absolute Gasteiger partial charge is 0.236 e. The molecule has 2 rings (SSSR count). The van der Waals surface area contributed by atoms with Crippen LogP contribution in [-0.2, 0) is 11.3 Å². The molecule has 1 N–H and O–H groups in total. The summed E-state index contributed by atoms with van der Waals surface area (Å²) in [5, 5.41) is 3.25. The second kappa shape index (κ2) is 7.57. The van der Waals surface area contributed by atoms with Gasteiger partial charge in [0, 0.05) is 32.7 Å². The average Bonchev–Trinajstić information content (AvgIpc) is 2.48. The molecule has 0 bridgehead atoms. The number of amides is 1. The highest BCUT2D eigenvalue weighted by atomic mass is 16.2. The second-order valence-electron chi connectivity index (χ2n) is 6.18. The van der Waals surface area contributed by atoms with E-state index in [1.54, 1.807) is 0 Å². The van der Waals surface area contributed by atoms with Crippen molar-refractivity contribution in [3.05, 3.63) is 35.4 Å². The molecule has 1 amide bonds. The van der Waals surface area contributed by atoms with Gasteiger partial charge in [-0.1, -0.05) is 38.1 Å². The van der Waals surface area contributed by atoms with E-state index in [-0.39, 0.29) is 5.91 Å². The Morgan fingerprint density at radius 1 is 1.14 bits per heavy atom. The summed E-state index contributed by atoms with van der Waals surface area (Å²) in [5.74, 6) is 0.771. The van der Waals surface area contributed by atoms with Gasteiger partial charge in [-0.25, -0.2) is 0 Å². The molecule has 1 saturated heterocycles. The number of rotatable bonds is 5. The summed E-state index contributed by atoms with van der Waals surface area (Å²) in [5.41, 5.74) is 2.58. The second-order valence-corrected chi connectivity index (χ2v) is 6.18. The fourth-order valence-electron chi connectivity index (χ4n) is 2.50. The number of hydrogen-bond acceptors (Lipinski definition) is 3. The summed E-state index contributed by atoms with van der Waals surface area (Å²) in [4.78, 5) is 16.3. The normalized spacial score (nSPS) is 16.5. The lowest BCUT2D eigenvalue weighted by molar-refractivity contribution is -0.131. The molecule has 0 radical (unpaired) electrons. The zero-order chi connectivity index (χ0) is 15.2. The quantitative estimate of drug-likeness (QED) is 0.896. The zero-order valence-electron chi connectivity index (χ0n) is 13.4. The van der Waals surface area contributed by atoms with Crippen LogP contribution in [0.3, 0.4) is 0 Å². The number of piperazine rings is 1. The Labute approximate surface area is 128 Å². The van der Waals surface area contributed by atoms with Crippen molar-refractivity contribution in [2.75, 3.05) is 39.8 Å². The van der Waals surface area contributed by atoms with E-state index >= 15 is 0 Å². The van der Waals surface area contributed by atoms with Crippen molar-refractivity contribution in [2.45, 2.75) is 26.3 Å². The van der Waals surface area contributed by atoms with Gasteiger partial charge in [-0.05, 0) is 24.1 Å². The third kappa shape index (κ3) is 4.83. The van der Waals surface area contributed by atoms with E-state index < -0.39 is 0 Å².